The van der Waals surface area contributed by atoms with Crippen LogP contribution in [0.15, 0.2) is 0 Å². The van der Waals surface area contributed by atoms with Gasteiger partial charge in [-0.25, -0.2) is 0 Å². The number of carbonyl (C=O) groups is 3. The van der Waals surface area contributed by atoms with Gasteiger partial charge in [-0.05, 0) is 13.3 Å². The van der Waals surface area contributed by atoms with Gasteiger partial charge < -0.3 is 15.7 Å². The molecule has 3 N–H and O–H groups in total. The number of nitrogens with one attached hydrogen (secondary N) is 2. The highest BCUT2D eigenvalue weighted by atomic mass is 16.4. The zero-order valence-electron chi connectivity index (χ0n) is 13.8. The Morgan fingerprint density at radius 1 is 0.955 bits per heavy atom. The Bertz CT molecular complexity index is 345. The summed E-state index contributed by atoms with van der Waals surface area (Å²) in [5, 5.41) is 13.6. The van der Waals surface area contributed by atoms with Gasteiger partial charge in [-0.15, -0.1) is 0 Å². The van der Waals surface area contributed by atoms with E-state index in [2.05, 4.69) is 17.6 Å². The van der Waals surface area contributed by atoms with E-state index in [0.717, 1.165) is 19.3 Å². The summed E-state index contributed by atoms with van der Waals surface area (Å²) in [6.45, 7) is 3.86. The Balaban J connectivity index is 3.64. The molecule has 0 aromatic heterocycles. The Kier molecular flexibility index (Phi) is 12.2. The summed E-state index contributed by atoms with van der Waals surface area (Å²) in [5.74, 6) is -1.44. The molecule has 0 spiro atoms. The van der Waals surface area contributed by atoms with Crippen LogP contribution >= 0.6 is 0 Å². The molecule has 0 aliphatic heterocycles. The number of carbonyl (C=O) groups excluding carboxylic acids is 2. The van der Waals surface area contributed by atoms with Crippen molar-refractivity contribution >= 4 is 17.8 Å². The molecule has 1 atom stereocenters. The van der Waals surface area contributed by atoms with Gasteiger partial charge in [0.15, 0.2) is 0 Å². The average Bonchev–Trinajstić information content (AvgIpc) is 2.45. The van der Waals surface area contributed by atoms with Gasteiger partial charge >= 0.3 is 5.97 Å². The monoisotopic (exact) mass is 314 g/mol. The fraction of sp³-hybridized carbons (Fsp3) is 0.812. The lowest BCUT2D eigenvalue weighted by Crippen LogP contribution is -2.45. The molecule has 6 nitrogen and oxygen atoms in total. The van der Waals surface area contributed by atoms with Crippen molar-refractivity contribution < 1.29 is 19.5 Å². The zero-order chi connectivity index (χ0) is 16.8. The van der Waals surface area contributed by atoms with Crippen LogP contribution in [-0.2, 0) is 14.4 Å². The molecule has 0 heterocycles. The van der Waals surface area contributed by atoms with Crippen LogP contribution in [-0.4, -0.2) is 35.5 Å². The van der Waals surface area contributed by atoms with Crippen LogP contribution in [0.25, 0.3) is 0 Å². The quantitative estimate of drug-likeness (QED) is 0.454. The van der Waals surface area contributed by atoms with Crippen LogP contribution in [0.1, 0.15) is 71.6 Å². The molecule has 0 aliphatic carbocycles. The van der Waals surface area contributed by atoms with E-state index in [9.17, 15) is 14.4 Å². The highest BCUT2D eigenvalue weighted by Gasteiger charge is 2.14. The second-order valence-electron chi connectivity index (χ2n) is 5.60. The molecule has 0 bridgehead atoms. The molecule has 0 unspecified atom stereocenters. The van der Waals surface area contributed by atoms with Gasteiger partial charge in [0.05, 0.1) is 6.42 Å². The molecule has 0 saturated heterocycles. The highest BCUT2D eigenvalue weighted by Crippen LogP contribution is 2.08. The van der Waals surface area contributed by atoms with Crippen molar-refractivity contribution in [3.05, 3.63) is 0 Å². The van der Waals surface area contributed by atoms with Crippen LogP contribution in [0.3, 0.4) is 0 Å². The van der Waals surface area contributed by atoms with E-state index in [1.54, 1.807) is 6.92 Å². The van der Waals surface area contributed by atoms with Crippen LogP contribution in [0.5, 0.6) is 0 Å². The Morgan fingerprint density at radius 2 is 1.55 bits per heavy atom. The van der Waals surface area contributed by atoms with Crippen molar-refractivity contribution in [1.82, 2.24) is 10.6 Å². The van der Waals surface area contributed by atoms with Crippen LogP contribution in [0, 0.1) is 0 Å². The summed E-state index contributed by atoms with van der Waals surface area (Å²) in [5.41, 5.74) is 0. The van der Waals surface area contributed by atoms with E-state index < -0.39 is 12.0 Å². The first-order valence-corrected chi connectivity index (χ1v) is 8.26. The van der Waals surface area contributed by atoms with E-state index in [0.29, 0.717) is 6.42 Å². The molecule has 6 heteroatoms. The largest absolute Gasteiger partial charge is 0.481 e. The molecule has 0 aromatic rings. The highest BCUT2D eigenvalue weighted by molar-refractivity contribution is 5.87. The topological polar surface area (TPSA) is 95.5 Å². The fourth-order valence-corrected chi connectivity index (χ4v) is 2.07. The molecule has 0 aromatic carbocycles. The van der Waals surface area contributed by atoms with Crippen molar-refractivity contribution in [2.24, 2.45) is 0 Å². The van der Waals surface area contributed by atoms with Gasteiger partial charge in [0.2, 0.25) is 11.8 Å². The first-order valence-electron chi connectivity index (χ1n) is 8.26. The van der Waals surface area contributed by atoms with E-state index >= 15 is 0 Å². The summed E-state index contributed by atoms with van der Waals surface area (Å²) < 4.78 is 0. The Labute approximate surface area is 133 Å². The Hall–Kier alpha value is -1.59. The van der Waals surface area contributed by atoms with E-state index in [-0.39, 0.29) is 24.8 Å². The van der Waals surface area contributed by atoms with Gasteiger partial charge in [0, 0.05) is 13.0 Å². The van der Waals surface area contributed by atoms with Gasteiger partial charge in [-0.3, -0.25) is 14.4 Å². The predicted octanol–water partition coefficient (Wildman–Crippen LogP) is 2.22. The summed E-state index contributed by atoms with van der Waals surface area (Å²) in [4.78, 5) is 33.6. The number of unbranched alkanes of at least 4 members (excludes halogenated alkanes) is 6. The summed E-state index contributed by atoms with van der Waals surface area (Å²) in [7, 11) is 0. The molecule has 0 fully saturated rings. The lowest BCUT2D eigenvalue weighted by atomic mass is 10.1. The minimum absolute atomic E-state index is 0.0755. The van der Waals surface area contributed by atoms with Gasteiger partial charge in [0.25, 0.3) is 0 Å². The first-order chi connectivity index (χ1) is 10.5. The summed E-state index contributed by atoms with van der Waals surface area (Å²) in [6, 6.07) is -0.633. The van der Waals surface area contributed by atoms with Crippen molar-refractivity contribution in [3.63, 3.8) is 0 Å². The smallest absolute Gasteiger partial charge is 0.305 e. The second kappa shape index (κ2) is 13.1. The maximum Gasteiger partial charge on any atom is 0.305 e. The maximum absolute atomic E-state index is 11.7. The van der Waals surface area contributed by atoms with Gasteiger partial charge in [-0.2, -0.15) is 0 Å². The number of aliphatic carboxylic acids is 1. The van der Waals surface area contributed by atoms with E-state index in [1.807, 2.05) is 0 Å². The first kappa shape index (κ1) is 20.4. The number of rotatable bonds is 13. The van der Waals surface area contributed by atoms with Crippen molar-refractivity contribution in [2.45, 2.75) is 77.7 Å². The molecule has 2 amide bonds. The number of hydrogen-bond acceptors (Lipinski definition) is 3. The predicted molar refractivity (Wildman–Crippen MR) is 85.5 cm³/mol. The molecule has 22 heavy (non-hydrogen) atoms. The molecule has 0 saturated carbocycles. The SMILES string of the molecule is CCCCCCCCCC(=O)N[C@H](C)C(=O)NCCC(=O)O. The maximum atomic E-state index is 11.7. The lowest BCUT2D eigenvalue weighted by molar-refractivity contribution is -0.137. The van der Waals surface area contributed by atoms with Gasteiger partial charge in [-0.1, -0.05) is 45.4 Å². The zero-order valence-corrected chi connectivity index (χ0v) is 13.8. The fourth-order valence-electron chi connectivity index (χ4n) is 2.07. The summed E-state index contributed by atoms with van der Waals surface area (Å²) >= 11 is 0. The molecular formula is C16H30N2O4. The third kappa shape index (κ3) is 12.2. The molecule has 128 valence electrons. The molecule has 0 rings (SSSR count). The van der Waals surface area contributed by atoms with E-state index in [1.165, 1.54) is 25.7 Å². The minimum atomic E-state index is -0.962. The molecule has 0 aliphatic rings. The van der Waals surface area contributed by atoms with Crippen molar-refractivity contribution in [3.8, 4) is 0 Å². The van der Waals surface area contributed by atoms with Crippen LogP contribution < -0.4 is 10.6 Å². The lowest BCUT2D eigenvalue weighted by Gasteiger charge is -2.13. The average molecular weight is 314 g/mol. The normalized spacial score (nSPS) is 11.7. The second-order valence-corrected chi connectivity index (χ2v) is 5.60. The molecular weight excluding hydrogens is 284 g/mol. The van der Waals surface area contributed by atoms with E-state index in [4.69, 9.17) is 5.11 Å². The van der Waals surface area contributed by atoms with Crippen molar-refractivity contribution in [1.29, 1.82) is 0 Å². The minimum Gasteiger partial charge on any atom is -0.481 e. The van der Waals surface area contributed by atoms with Crippen LogP contribution in [0.2, 0.25) is 0 Å². The molecule has 0 radical (unpaired) electrons. The van der Waals surface area contributed by atoms with Crippen LogP contribution in [0.4, 0.5) is 0 Å². The number of hydrogen-bond donors (Lipinski definition) is 3. The number of carboxylic acids is 1. The number of amides is 2. The van der Waals surface area contributed by atoms with Gasteiger partial charge in [0.1, 0.15) is 6.04 Å². The standard InChI is InChI=1S/C16H30N2O4/c1-3-4-5-6-7-8-9-10-14(19)18-13(2)16(22)17-12-11-15(20)21/h13H,3-12H2,1-2H3,(H,17,22)(H,18,19)(H,20,21)/t13-/m1/s1. The third-order valence-electron chi connectivity index (χ3n) is 3.42. The Morgan fingerprint density at radius 3 is 2.14 bits per heavy atom. The third-order valence-corrected chi connectivity index (χ3v) is 3.42. The summed E-state index contributed by atoms with van der Waals surface area (Å²) in [6.07, 6.45) is 8.32. The van der Waals surface area contributed by atoms with Crippen molar-refractivity contribution in [2.75, 3.05) is 6.54 Å². The number of carboxylic acid groups (broad SMARTS) is 1.